The van der Waals surface area contributed by atoms with E-state index in [0.717, 1.165) is 12.8 Å². The molecule has 1 aromatic heterocycles. The maximum absolute atomic E-state index is 10.8. The second-order valence-electron chi connectivity index (χ2n) is 3.55. The molecule has 6 nitrogen and oxygen atoms in total. The van der Waals surface area contributed by atoms with Gasteiger partial charge in [0.25, 0.3) is 5.88 Å². The lowest BCUT2D eigenvalue weighted by molar-refractivity contribution is -0.386. The lowest BCUT2D eigenvalue weighted by atomic mass is 10.4. The van der Waals surface area contributed by atoms with Crippen molar-refractivity contribution in [3.8, 4) is 5.88 Å². The average Bonchev–Trinajstić information content (AvgIpc) is 2.35. The van der Waals surface area contributed by atoms with Crippen LogP contribution >= 0.6 is 15.9 Å². The molecule has 0 saturated carbocycles. The standard InChI is InChI=1S/C11H15BrN2O4/c1-2-3-4-17-5-6-18-11-10(14(15)16)7-9(12)8-13-11/h7-8H,2-6H2,1H3. The molecule has 1 aromatic rings. The second-order valence-corrected chi connectivity index (χ2v) is 4.46. The van der Waals surface area contributed by atoms with Crippen LogP contribution in [0.25, 0.3) is 0 Å². The van der Waals surface area contributed by atoms with E-state index in [1.165, 1.54) is 12.3 Å². The Labute approximate surface area is 114 Å². The van der Waals surface area contributed by atoms with Gasteiger partial charge < -0.3 is 9.47 Å². The highest BCUT2D eigenvalue weighted by Crippen LogP contribution is 2.27. The Morgan fingerprint density at radius 2 is 2.22 bits per heavy atom. The summed E-state index contributed by atoms with van der Waals surface area (Å²) in [6, 6.07) is 1.36. The van der Waals surface area contributed by atoms with Gasteiger partial charge in [0.15, 0.2) is 0 Å². The zero-order valence-electron chi connectivity index (χ0n) is 10.1. The Kier molecular flexibility index (Phi) is 6.59. The Morgan fingerprint density at radius 3 is 2.89 bits per heavy atom. The largest absolute Gasteiger partial charge is 0.470 e. The predicted octanol–water partition coefficient (Wildman–Crippen LogP) is 2.95. The molecule has 0 spiro atoms. The number of nitro groups is 1. The molecule has 0 saturated heterocycles. The van der Waals surface area contributed by atoms with Crippen LogP contribution < -0.4 is 4.74 Å². The van der Waals surface area contributed by atoms with Crippen LogP contribution in [0.15, 0.2) is 16.7 Å². The van der Waals surface area contributed by atoms with Gasteiger partial charge >= 0.3 is 5.69 Å². The summed E-state index contributed by atoms with van der Waals surface area (Å²) >= 11 is 3.13. The number of ether oxygens (including phenoxy) is 2. The fourth-order valence-electron chi connectivity index (χ4n) is 1.20. The normalized spacial score (nSPS) is 10.3. The highest BCUT2D eigenvalue weighted by Gasteiger charge is 2.17. The first-order chi connectivity index (χ1) is 8.65. The molecule has 18 heavy (non-hydrogen) atoms. The van der Waals surface area contributed by atoms with Gasteiger partial charge in [-0.3, -0.25) is 10.1 Å². The molecule has 7 heteroatoms. The minimum Gasteiger partial charge on any atom is -0.470 e. The fourth-order valence-corrected chi connectivity index (χ4v) is 1.52. The summed E-state index contributed by atoms with van der Waals surface area (Å²) in [5.41, 5.74) is -0.155. The highest BCUT2D eigenvalue weighted by molar-refractivity contribution is 9.10. The number of nitrogens with zero attached hydrogens (tertiary/aromatic N) is 2. The summed E-state index contributed by atoms with van der Waals surface area (Å²) in [6.07, 6.45) is 3.53. The Bertz CT molecular complexity index is 401. The smallest absolute Gasteiger partial charge is 0.332 e. The summed E-state index contributed by atoms with van der Waals surface area (Å²) in [4.78, 5) is 14.1. The molecule has 0 unspecified atom stereocenters. The van der Waals surface area contributed by atoms with Gasteiger partial charge in [-0.05, 0) is 22.4 Å². The van der Waals surface area contributed by atoms with Crippen LogP contribution in [0.3, 0.4) is 0 Å². The molecule has 1 heterocycles. The van der Waals surface area contributed by atoms with Crippen LogP contribution in [-0.2, 0) is 4.74 Å². The van der Waals surface area contributed by atoms with E-state index in [1.807, 2.05) is 0 Å². The van der Waals surface area contributed by atoms with Gasteiger partial charge in [0.1, 0.15) is 6.61 Å². The molecule has 0 aromatic carbocycles. The van der Waals surface area contributed by atoms with Crippen molar-refractivity contribution in [2.75, 3.05) is 19.8 Å². The maximum atomic E-state index is 10.8. The zero-order valence-corrected chi connectivity index (χ0v) is 11.7. The van der Waals surface area contributed by atoms with Gasteiger partial charge in [-0.1, -0.05) is 13.3 Å². The molecule has 0 aliphatic carbocycles. The molecule has 1 rings (SSSR count). The van der Waals surface area contributed by atoms with Crippen LogP contribution in [0.1, 0.15) is 19.8 Å². The first kappa shape index (κ1) is 14.8. The molecule has 0 radical (unpaired) electrons. The highest BCUT2D eigenvalue weighted by atomic mass is 79.9. The van der Waals surface area contributed by atoms with Gasteiger partial charge in [0, 0.05) is 23.3 Å². The van der Waals surface area contributed by atoms with E-state index in [4.69, 9.17) is 9.47 Å². The van der Waals surface area contributed by atoms with Gasteiger partial charge in [0.05, 0.1) is 11.5 Å². The van der Waals surface area contributed by atoms with Crippen molar-refractivity contribution in [2.24, 2.45) is 0 Å². The summed E-state index contributed by atoms with van der Waals surface area (Å²) < 4.78 is 11.1. The van der Waals surface area contributed by atoms with E-state index in [0.29, 0.717) is 17.7 Å². The second kappa shape index (κ2) is 7.99. The number of rotatable bonds is 8. The monoisotopic (exact) mass is 318 g/mol. The summed E-state index contributed by atoms with van der Waals surface area (Å²) in [5.74, 6) is 0.0160. The summed E-state index contributed by atoms with van der Waals surface area (Å²) in [6.45, 7) is 3.40. The molecule has 0 amide bonds. The van der Waals surface area contributed by atoms with Crippen molar-refractivity contribution in [3.05, 3.63) is 26.9 Å². The van der Waals surface area contributed by atoms with Gasteiger partial charge in [-0.25, -0.2) is 4.98 Å². The summed E-state index contributed by atoms with van der Waals surface area (Å²) in [5, 5.41) is 10.8. The minimum atomic E-state index is -0.523. The van der Waals surface area contributed by atoms with Crippen molar-refractivity contribution < 1.29 is 14.4 Å². The van der Waals surface area contributed by atoms with Gasteiger partial charge in [-0.15, -0.1) is 0 Å². The first-order valence-corrected chi connectivity index (χ1v) is 6.45. The van der Waals surface area contributed by atoms with Crippen molar-refractivity contribution >= 4 is 21.6 Å². The van der Waals surface area contributed by atoms with Gasteiger partial charge in [0.2, 0.25) is 0 Å². The zero-order chi connectivity index (χ0) is 13.4. The fraction of sp³-hybridized carbons (Fsp3) is 0.545. The molecule has 0 bridgehead atoms. The van der Waals surface area contributed by atoms with Crippen molar-refractivity contribution in [1.82, 2.24) is 4.98 Å². The number of pyridine rings is 1. The average molecular weight is 319 g/mol. The van der Waals surface area contributed by atoms with Crippen LogP contribution in [-0.4, -0.2) is 29.7 Å². The van der Waals surface area contributed by atoms with E-state index in [2.05, 4.69) is 27.8 Å². The maximum Gasteiger partial charge on any atom is 0.332 e. The third-order valence-corrected chi connectivity index (χ3v) is 2.54. The van der Waals surface area contributed by atoms with Crippen LogP contribution in [0, 0.1) is 10.1 Å². The number of hydrogen-bond donors (Lipinski definition) is 0. The number of unbranched alkanes of at least 4 members (excludes halogenated alkanes) is 1. The molecule has 0 fully saturated rings. The number of hydrogen-bond acceptors (Lipinski definition) is 5. The van der Waals surface area contributed by atoms with E-state index < -0.39 is 4.92 Å². The number of halogens is 1. The molecule has 0 aliphatic heterocycles. The summed E-state index contributed by atoms with van der Waals surface area (Å²) in [7, 11) is 0. The van der Waals surface area contributed by atoms with Crippen molar-refractivity contribution in [2.45, 2.75) is 19.8 Å². The lowest BCUT2D eigenvalue weighted by Gasteiger charge is -2.06. The third-order valence-electron chi connectivity index (χ3n) is 2.10. The van der Waals surface area contributed by atoms with E-state index >= 15 is 0 Å². The molecule has 0 N–H and O–H groups in total. The molecule has 0 aliphatic rings. The minimum absolute atomic E-state index is 0.0160. The predicted molar refractivity (Wildman–Crippen MR) is 69.8 cm³/mol. The number of aromatic nitrogens is 1. The lowest BCUT2D eigenvalue weighted by Crippen LogP contribution is -2.09. The van der Waals surface area contributed by atoms with Gasteiger partial charge in [-0.2, -0.15) is 0 Å². The van der Waals surface area contributed by atoms with E-state index in [-0.39, 0.29) is 18.2 Å². The van der Waals surface area contributed by atoms with Crippen LogP contribution in [0.5, 0.6) is 5.88 Å². The Balaban J connectivity index is 2.44. The molecular weight excluding hydrogens is 304 g/mol. The Morgan fingerprint density at radius 1 is 1.44 bits per heavy atom. The SMILES string of the molecule is CCCCOCCOc1ncc(Br)cc1[N+](=O)[O-]. The van der Waals surface area contributed by atoms with Crippen LogP contribution in [0.4, 0.5) is 5.69 Å². The quantitative estimate of drug-likeness (QED) is 0.418. The topological polar surface area (TPSA) is 74.5 Å². The molecule has 100 valence electrons. The third kappa shape index (κ3) is 4.97. The van der Waals surface area contributed by atoms with Crippen molar-refractivity contribution in [3.63, 3.8) is 0 Å². The molecular formula is C11H15BrN2O4. The Hall–Kier alpha value is -1.21. The van der Waals surface area contributed by atoms with Crippen molar-refractivity contribution in [1.29, 1.82) is 0 Å². The first-order valence-electron chi connectivity index (χ1n) is 5.65. The van der Waals surface area contributed by atoms with Crippen LogP contribution in [0.2, 0.25) is 0 Å². The van der Waals surface area contributed by atoms with E-state index in [1.54, 1.807) is 0 Å². The van der Waals surface area contributed by atoms with E-state index in [9.17, 15) is 10.1 Å². The molecule has 0 atom stereocenters.